The fourth-order valence-electron chi connectivity index (χ4n) is 0.248. The second-order valence-corrected chi connectivity index (χ2v) is 7.00. The fourth-order valence-corrected chi connectivity index (χ4v) is 2.23. The lowest BCUT2D eigenvalue weighted by Crippen LogP contribution is -2.24. The normalized spacial score (nSPS) is 12.1. The molecule has 2 N–H and O–H groups in total. The molecule has 0 saturated carbocycles. The third-order valence-electron chi connectivity index (χ3n) is 0.809. The first-order chi connectivity index (χ1) is 3.98. The first kappa shape index (κ1) is 9.27. The molecule has 0 aliphatic heterocycles. The van der Waals surface area contributed by atoms with Gasteiger partial charge in [0.1, 0.15) is 0 Å². The summed E-state index contributed by atoms with van der Waals surface area (Å²) in [7, 11) is -4.15. The van der Waals surface area contributed by atoms with E-state index in [1.54, 1.807) is 5.70 Å². The lowest BCUT2D eigenvalue weighted by molar-refractivity contribution is 0.375. The summed E-state index contributed by atoms with van der Waals surface area (Å²) in [6.45, 7) is 7.18. The molecule has 3 nitrogen and oxygen atoms in total. The third-order valence-corrected chi connectivity index (χ3v) is 4.33. The van der Waals surface area contributed by atoms with Gasteiger partial charge in [-0.05, 0) is 13.1 Å². The molecule has 0 fully saturated rings. The van der Waals surface area contributed by atoms with E-state index in [1.165, 1.54) is 0 Å². The quantitative estimate of drug-likeness (QED) is 0.488. The maximum atomic E-state index is 8.40. The summed E-state index contributed by atoms with van der Waals surface area (Å²) < 4.78 is 4.78. The molecule has 0 unspecified atom stereocenters. The van der Waals surface area contributed by atoms with Gasteiger partial charge in [-0.25, -0.2) is 0 Å². The summed E-state index contributed by atoms with van der Waals surface area (Å²) in [5.41, 5.74) is 1.65. The maximum Gasteiger partial charge on any atom is 0.316 e. The SMILES string of the molecule is C=C[Si](C)(C)OP(O)O. The van der Waals surface area contributed by atoms with Gasteiger partial charge in [-0.1, -0.05) is 5.70 Å². The van der Waals surface area contributed by atoms with E-state index in [-0.39, 0.29) is 0 Å². The van der Waals surface area contributed by atoms with E-state index >= 15 is 0 Å². The van der Waals surface area contributed by atoms with Gasteiger partial charge in [0.2, 0.25) is 8.32 Å². The first-order valence-corrected chi connectivity index (χ1v) is 6.63. The molecule has 0 rings (SSSR count). The molecule has 0 aromatic heterocycles. The fraction of sp³-hybridized carbons (Fsp3) is 0.500. The average Bonchev–Trinajstić information content (AvgIpc) is 1.63. The first-order valence-electron chi connectivity index (χ1n) is 2.48. The van der Waals surface area contributed by atoms with Crippen molar-refractivity contribution < 1.29 is 14.0 Å². The molecule has 0 aromatic rings. The second-order valence-electron chi connectivity index (χ2n) is 2.15. The Morgan fingerprint density at radius 1 is 1.56 bits per heavy atom. The Morgan fingerprint density at radius 2 is 2.00 bits per heavy atom. The average molecular weight is 166 g/mol. The molecule has 0 amide bonds. The van der Waals surface area contributed by atoms with Crippen molar-refractivity contribution in [1.82, 2.24) is 0 Å². The number of hydrogen-bond donors (Lipinski definition) is 2. The lowest BCUT2D eigenvalue weighted by atomic mass is 11.3. The van der Waals surface area contributed by atoms with Crippen LogP contribution in [-0.2, 0) is 4.21 Å². The van der Waals surface area contributed by atoms with Crippen molar-refractivity contribution >= 4 is 16.9 Å². The Labute approximate surface area is 57.1 Å². The zero-order chi connectivity index (χ0) is 7.49. The standard InChI is InChI=1S/C4H11O3PSi/c1-4-9(2,3)7-8(5)6/h4-6H,1H2,2-3H3. The van der Waals surface area contributed by atoms with Crippen LogP contribution >= 0.6 is 8.60 Å². The Kier molecular flexibility index (Phi) is 3.54. The van der Waals surface area contributed by atoms with Gasteiger partial charge in [0.25, 0.3) is 0 Å². The van der Waals surface area contributed by atoms with Gasteiger partial charge in [0, 0.05) is 0 Å². The smallest absolute Gasteiger partial charge is 0.316 e. The summed E-state index contributed by atoms with van der Waals surface area (Å²) in [6, 6.07) is 0. The van der Waals surface area contributed by atoms with Crippen LogP contribution in [0.15, 0.2) is 12.3 Å². The Morgan fingerprint density at radius 3 is 2.11 bits per heavy atom. The van der Waals surface area contributed by atoms with Gasteiger partial charge in [0.15, 0.2) is 0 Å². The molecule has 0 aromatic carbocycles. The summed E-state index contributed by atoms with van der Waals surface area (Å²) in [5.74, 6) is 0. The molecule has 0 radical (unpaired) electrons. The highest BCUT2D eigenvalue weighted by Gasteiger charge is 2.21. The summed E-state index contributed by atoms with van der Waals surface area (Å²) >= 11 is 0. The largest absolute Gasteiger partial charge is 0.350 e. The van der Waals surface area contributed by atoms with Crippen LogP contribution in [0.1, 0.15) is 0 Å². The topological polar surface area (TPSA) is 49.7 Å². The van der Waals surface area contributed by atoms with Crippen LogP contribution in [-0.4, -0.2) is 18.1 Å². The minimum Gasteiger partial charge on any atom is -0.350 e. The van der Waals surface area contributed by atoms with E-state index in [0.29, 0.717) is 0 Å². The zero-order valence-electron chi connectivity index (χ0n) is 5.53. The molecular formula is C4H11O3PSi. The Bertz CT molecular complexity index is 104. The number of rotatable bonds is 3. The molecule has 0 heterocycles. The van der Waals surface area contributed by atoms with E-state index in [0.717, 1.165) is 0 Å². The van der Waals surface area contributed by atoms with Crippen molar-refractivity contribution in [2.24, 2.45) is 0 Å². The van der Waals surface area contributed by atoms with E-state index in [1.807, 2.05) is 13.1 Å². The lowest BCUT2D eigenvalue weighted by Gasteiger charge is -2.17. The zero-order valence-corrected chi connectivity index (χ0v) is 7.43. The minimum absolute atomic E-state index is 1.65. The van der Waals surface area contributed by atoms with Crippen LogP contribution in [0.25, 0.3) is 0 Å². The van der Waals surface area contributed by atoms with Gasteiger partial charge in [-0.3, -0.25) is 0 Å². The minimum atomic E-state index is -2.20. The predicted molar refractivity (Wildman–Crippen MR) is 40.1 cm³/mol. The van der Waals surface area contributed by atoms with Crippen LogP contribution in [0, 0.1) is 0 Å². The molecular weight excluding hydrogens is 155 g/mol. The van der Waals surface area contributed by atoms with Gasteiger partial charge in [-0.2, -0.15) is 0 Å². The molecule has 0 atom stereocenters. The summed E-state index contributed by atoms with van der Waals surface area (Å²) in [6.07, 6.45) is 0. The van der Waals surface area contributed by atoms with Gasteiger partial charge >= 0.3 is 8.60 Å². The second kappa shape index (κ2) is 3.44. The third kappa shape index (κ3) is 4.75. The van der Waals surface area contributed by atoms with Crippen LogP contribution in [0.2, 0.25) is 13.1 Å². The van der Waals surface area contributed by atoms with Crippen molar-refractivity contribution in [3.05, 3.63) is 12.3 Å². The van der Waals surface area contributed by atoms with Crippen molar-refractivity contribution in [2.45, 2.75) is 13.1 Å². The monoisotopic (exact) mass is 166 g/mol. The van der Waals surface area contributed by atoms with E-state index < -0.39 is 16.9 Å². The predicted octanol–water partition coefficient (Wildman–Crippen LogP) is 1.14. The van der Waals surface area contributed by atoms with Gasteiger partial charge in [0.05, 0.1) is 0 Å². The van der Waals surface area contributed by atoms with Crippen LogP contribution < -0.4 is 0 Å². The molecule has 0 bridgehead atoms. The molecule has 0 spiro atoms. The van der Waals surface area contributed by atoms with E-state index in [2.05, 4.69) is 6.58 Å². The summed E-state index contributed by atoms with van der Waals surface area (Å²) in [5, 5.41) is 0. The summed E-state index contributed by atoms with van der Waals surface area (Å²) in [4.78, 5) is 16.8. The highest BCUT2D eigenvalue weighted by molar-refractivity contribution is 7.41. The molecule has 54 valence electrons. The number of hydrogen-bond acceptors (Lipinski definition) is 3. The van der Waals surface area contributed by atoms with Crippen molar-refractivity contribution in [3.8, 4) is 0 Å². The molecule has 0 aliphatic carbocycles. The molecule has 0 aliphatic rings. The van der Waals surface area contributed by atoms with Crippen LogP contribution in [0.5, 0.6) is 0 Å². The molecule has 0 saturated heterocycles. The highest BCUT2D eigenvalue weighted by Crippen LogP contribution is 2.30. The van der Waals surface area contributed by atoms with Gasteiger partial charge < -0.3 is 14.0 Å². The van der Waals surface area contributed by atoms with Crippen molar-refractivity contribution in [2.75, 3.05) is 0 Å². The van der Waals surface area contributed by atoms with E-state index in [4.69, 9.17) is 14.0 Å². The molecule has 5 heteroatoms. The van der Waals surface area contributed by atoms with Crippen molar-refractivity contribution in [3.63, 3.8) is 0 Å². The van der Waals surface area contributed by atoms with Crippen LogP contribution in [0.3, 0.4) is 0 Å². The highest BCUT2D eigenvalue weighted by atomic mass is 31.2. The maximum absolute atomic E-state index is 8.40. The van der Waals surface area contributed by atoms with E-state index in [9.17, 15) is 0 Å². The molecule has 9 heavy (non-hydrogen) atoms. The van der Waals surface area contributed by atoms with Crippen molar-refractivity contribution in [1.29, 1.82) is 0 Å². The van der Waals surface area contributed by atoms with Crippen LogP contribution in [0.4, 0.5) is 0 Å². The Hall–Kier alpha value is 0.267. The Balaban J connectivity index is 3.71. The van der Waals surface area contributed by atoms with Gasteiger partial charge in [-0.15, -0.1) is 6.58 Å².